The van der Waals surface area contributed by atoms with E-state index in [-0.39, 0.29) is 33.8 Å². The summed E-state index contributed by atoms with van der Waals surface area (Å²) >= 11 is 0. The summed E-state index contributed by atoms with van der Waals surface area (Å²) in [5.41, 5.74) is -1.03. The van der Waals surface area contributed by atoms with Crippen molar-refractivity contribution in [3.63, 3.8) is 0 Å². The number of aromatic nitrogens is 2. The Hall–Kier alpha value is -3.57. The second-order valence-corrected chi connectivity index (χ2v) is 6.05. The van der Waals surface area contributed by atoms with Crippen molar-refractivity contribution in [1.82, 2.24) is 9.97 Å². The number of benzene rings is 1. The minimum atomic E-state index is -4.66. The van der Waals surface area contributed by atoms with E-state index in [4.69, 9.17) is 9.15 Å². The summed E-state index contributed by atoms with van der Waals surface area (Å²) in [7, 11) is 1.72. The van der Waals surface area contributed by atoms with E-state index >= 15 is 0 Å². The number of hydrogen-bond acceptors (Lipinski definition) is 7. The van der Waals surface area contributed by atoms with Crippen molar-refractivity contribution in [1.29, 1.82) is 0 Å². The number of hydrogen-bond donors (Lipinski definition) is 1. The maximum atomic E-state index is 13.1. The van der Waals surface area contributed by atoms with E-state index in [1.54, 1.807) is 0 Å². The first-order valence-corrected chi connectivity index (χ1v) is 8.43. The second kappa shape index (κ2) is 8.05. The third-order valence-corrected chi connectivity index (χ3v) is 4.17. The van der Waals surface area contributed by atoms with Crippen molar-refractivity contribution in [2.45, 2.75) is 19.1 Å². The maximum absolute atomic E-state index is 13.1. The number of alkyl halides is 3. The van der Waals surface area contributed by atoms with Gasteiger partial charge in [-0.2, -0.15) is 13.2 Å². The molecule has 154 valence electrons. The molecule has 0 bridgehead atoms. The molecule has 0 amide bonds. The molecule has 2 heterocycles. The number of pyridine rings is 1. The first kappa shape index (κ1) is 21.2. The van der Waals surface area contributed by atoms with Crippen LogP contribution in [0.25, 0.3) is 22.4 Å². The topological polar surface area (TPSA) is 115 Å². The summed E-state index contributed by atoms with van der Waals surface area (Å²) in [6.45, 7) is 1.51. The van der Waals surface area contributed by atoms with E-state index < -0.39 is 29.6 Å². The fourth-order valence-corrected chi connectivity index (χ4v) is 2.82. The van der Waals surface area contributed by atoms with Gasteiger partial charge >= 0.3 is 154 Å². The van der Waals surface area contributed by atoms with Crippen LogP contribution in [0.5, 0.6) is 5.75 Å². The molecule has 12 heteroatoms. The van der Waals surface area contributed by atoms with Gasteiger partial charge in [0.25, 0.3) is 0 Å². The van der Waals surface area contributed by atoms with Crippen LogP contribution in [0.2, 0.25) is 0 Å². The number of aromatic carboxylic acids is 1. The first-order valence-electron chi connectivity index (χ1n) is 8.43. The number of aliphatic imine (C=N–C) groups is 1. The third-order valence-electron chi connectivity index (χ3n) is 4.17. The summed E-state index contributed by atoms with van der Waals surface area (Å²) in [5, 5.41) is 9.63. The van der Waals surface area contributed by atoms with E-state index in [0.717, 1.165) is 12.2 Å². The fraction of sp³-hybridized carbons (Fsp3) is 0.222. The number of carboxylic acids is 1. The number of rotatable bonds is 6. The second-order valence-electron chi connectivity index (χ2n) is 6.05. The number of nitrogens with zero attached hydrogens (tertiary/aromatic N) is 3. The molecule has 0 aliphatic carbocycles. The Morgan fingerprint density at radius 2 is 2.03 bits per heavy atom. The van der Waals surface area contributed by atoms with Crippen LogP contribution in [0.4, 0.5) is 13.2 Å². The van der Waals surface area contributed by atoms with Gasteiger partial charge in [0.1, 0.15) is 0 Å². The number of carbonyl (C=O) groups is 1. The monoisotopic (exact) mass is 419 g/mol. The van der Waals surface area contributed by atoms with Crippen LogP contribution in [0.1, 0.15) is 34.9 Å². The van der Waals surface area contributed by atoms with E-state index in [1.165, 1.54) is 32.2 Å². The summed E-state index contributed by atoms with van der Waals surface area (Å²) in [6.07, 6.45) is -3.70. The Balaban J connectivity index is 2.23. The van der Waals surface area contributed by atoms with Gasteiger partial charge < -0.3 is 0 Å². The SMILES string of the molecule is COc1ccc(-c2nc(C(C)N=CB=O)c(C(=O)O)o2)c2ccc(C(F)(F)F)nc12. The van der Waals surface area contributed by atoms with Crippen molar-refractivity contribution in [3.05, 3.63) is 41.4 Å². The summed E-state index contributed by atoms with van der Waals surface area (Å²) in [6, 6.07) is 4.02. The zero-order valence-electron chi connectivity index (χ0n) is 15.6. The molecule has 1 aromatic carbocycles. The normalized spacial score (nSPS) is 12.8. The van der Waals surface area contributed by atoms with Crippen LogP contribution < -0.4 is 4.74 Å². The zero-order valence-corrected chi connectivity index (χ0v) is 15.6. The van der Waals surface area contributed by atoms with Crippen LogP contribution in [0, 0.1) is 0 Å². The van der Waals surface area contributed by atoms with Crippen molar-refractivity contribution in [2.24, 2.45) is 4.99 Å². The van der Waals surface area contributed by atoms with Gasteiger partial charge in [0, 0.05) is 0 Å². The quantitative estimate of drug-likeness (QED) is 0.478. The minimum absolute atomic E-state index is 0.0422. The molecule has 0 aliphatic heterocycles. The van der Waals surface area contributed by atoms with Crippen molar-refractivity contribution >= 4 is 30.1 Å². The average molecular weight is 419 g/mol. The molecule has 0 aliphatic rings. The standard InChI is InChI=1S/C18H13BF3N3O5/c1-8(23-7-19-28)13-15(17(26)27)30-16(25-13)10-3-5-11(29-2)14-9(10)4-6-12(24-14)18(20,21)22/h3-8H,1-2H3,(H,26,27). The number of ether oxygens (including phenoxy) is 1. The summed E-state index contributed by atoms with van der Waals surface area (Å²) in [5.74, 6) is -1.96. The van der Waals surface area contributed by atoms with Gasteiger partial charge in [0.05, 0.1) is 0 Å². The molecule has 0 spiro atoms. The van der Waals surface area contributed by atoms with E-state index in [0.29, 0.717) is 7.15 Å². The van der Waals surface area contributed by atoms with Gasteiger partial charge in [-0.15, -0.1) is 0 Å². The van der Waals surface area contributed by atoms with Crippen LogP contribution in [0.3, 0.4) is 0 Å². The molecular weight excluding hydrogens is 406 g/mol. The molecule has 1 N–H and O–H groups in total. The van der Waals surface area contributed by atoms with Gasteiger partial charge in [0.2, 0.25) is 0 Å². The Kier molecular flexibility index (Phi) is 5.68. The molecule has 1 unspecified atom stereocenters. The predicted molar refractivity (Wildman–Crippen MR) is 99.1 cm³/mol. The number of carboxylic acid groups (broad SMARTS) is 1. The van der Waals surface area contributed by atoms with Crippen LogP contribution >= 0.6 is 0 Å². The molecule has 30 heavy (non-hydrogen) atoms. The van der Waals surface area contributed by atoms with Crippen molar-refractivity contribution in [2.75, 3.05) is 7.11 Å². The molecule has 0 saturated carbocycles. The Labute approximate surface area is 167 Å². The molecule has 8 nitrogen and oxygen atoms in total. The predicted octanol–water partition coefficient (Wildman–Crippen LogP) is 3.75. The summed E-state index contributed by atoms with van der Waals surface area (Å²) < 4.78 is 60.2. The molecular formula is C18H13BF3N3O5. The van der Waals surface area contributed by atoms with Gasteiger partial charge in [-0.25, -0.2) is 0 Å². The van der Waals surface area contributed by atoms with Crippen molar-refractivity contribution in [3.8, 4) is 17.2 Å². The van der Waals surface area contributed by atoms with Gasteiger partial charge in [0.15, 0.2) is 0 Å². The van der Waals surface area contributed by atoms with Crippen LogP contribution in [0.15, 0.2) is 33.7 Å². The van der Waals surface area contributed by atoms with Crippen LogP contribution in [-0.2, 0) is 10.9 Å². The molecule has 3 rings (SSSR count). The average Bonchev–Trinajstić information content (AvgIpc) is 3.15. The van der Waals surface area contributed by atoms with Crippen LogP contribution in [-0.4, -0.2) is 41.4 Å². The zero-order chi connectivity index (χ0) is 22.1. The molecule has 0 radical (unpaired) electrons. The van der Waals surface area contributed by atoms with Gasteiger partial charge in [-0.1, -0.05) is 0 Å². The Morgan fingerprint density at radius 3 is 2.63 bits per heavy atom. The number of halogens is 3. The Morgan fingerprint density at radius 1 is 1.30 bits per heavy atom. The third kappa shape index (κ3) is 3.93. The van der Waals surface area contributed by atoms with Gasteiger partial charge in [-0.3, -0.25) is 0 Å². The number of oxazole rings is 1. The van der Waals surface area contributed by atoms with Gasteiger partial charge in [-0.05, 0) is 0 Å². The van der Waals surface area contributed by atoms with Crippen molar-refractivity contribution < 1.29 is 36.9 Å². The molecule has 0 fully saturated rings. The van der Waals surface area contributed by atoms with E-state index in [9.17, 15) is 27.8 Å². The molecule has 3 aromatic rings. The molecule has 0 saturated heterocycles. The number of methoxy groups -OCH3 is 1. The molecule has 2 aromatic heterocycles. The van der Waals surface area contributed by atoms with E-state index in [2.05, 4.69) is 15.0 Å². The molecule has 1 atom stereocenters. The fourth-order valence-electron chi connectivity index (χ4n) is 2.82. The number of fused-ring (bicyclic) bond motifs is 1. The first-order chi connectivity index (χ1) is 14.2. The Bertz CT molecular complexity index is 1160. The summed E-state index contributed by atoms with van der Waals surface area (Å²) in [4.78, 5) is 23.2. The van der Waals surface area contributed by atoms with E-state index in [1.807, 2.05) is 0 Å².